The number of likely N-dealkylation sites (N-methyl/N-ethyl adjacent to an activating group) is 1. The van der Waals surface area contributed by atoms with E-state index in [-0.39, 0.29) is 11.9 Å². The lowest BCUT2D eigenvalue weighted by atomic mass is 10.1. The second-order valence-corrected chi connectivity index (χ2v) is 7.94. The molecule has 3 aromatic heterocycles. The highest BCUT2D eigenvalue weighted by Gasteiger charge is 2.28. The van der Waals surface area contributed by atoms with Crippen LogP contribution in [0.4, 0.5) is 4.39 Å². The Labute approximate surface area is 175 Å². The van der Waals surface area contributed by atoms with Crippen LogP contribution in [0.5, 0.6) is 0 Å². The summed E-state index contributed by atoms with van der Waals surface area (Å²) < 4.78 is 15.3. The molecule has 0 saturated carbocycles. The predicted octanol–water partition coefficient (Wildman–Crippen LogP) is 4.02. The molecule has 0 radical (unpaired) electrons. The SMILES string of the molecule is CN1CCN(Cc2ccc(F)cc2)CC1c1ncn2cc(-c3cccnc3)ccc12. The Bertz CT molecular complexity index is 1140. The molecule has 0 bridgehead atoms. The van der Waals surface area contributed by atoms with Crippen molar-refractivity contribution in [3.05, 3.63) is 90.5 Å². The Morgan fingerprint density at radius 1 is 1.03 bits per heavy atom. The first-order valence-electron chi connectivity index (χ1n) is 10.2. The largest absolute Gasteiger partial charge is 0.305 e. The highest BCUT2D eigenvalue weighted by atomic mass is 19.1. The van der Waals surface area contributed by atoms with Crippen LogP contribution in [0.15, 0.2) is 73.4 Å². The van der Waals surface area contributed by atoms with Crippen molar-refractivity contribution in [3.63, 3.8) is 0 Å². The van der Waals surface area contributed by atoms with Gasteiger partial charge in [0, 0.05) is 50.3 Å². The molecule has 4 aromatic rings. The summed E-state index contributed by atoms with van der Waals surface area (Å²) in [4.78, 5) is 13.8. The molecule has 0 amide bonds. The molecule has 1 aliphatic rings. The molecular weight excluding hydrogens is 377 g/mol. The average molecular weight is 401 g/mol. The monoisotopic (exact) mass is 401 g/mol. The Morgan fingerprint density at radius 3 is 2.70 bits per heavy atom. The molecule has 1 aromatic carbocycles. The number of hydrogen-bond donors (Lipinski definition) is 0. The third kappa shape index (κ3) is 3.72. The van der Waals surface area contributed by atoms with Gasteiger partial charge in [-0.2, -0.15) is 0 Å². The van der Waals surface area contributed by atoms with Crippen LogP contribution in [-0.2, 0) is 6.54 Å². The van der Waals surface area contributed by atoms with Gasteiger partial charge in [0.05, 0.1) is 23.6 Å². The average Bonchev–Trinajstić information content (AvgIpc) is 3.20. The van der Waals surface area contributed by atoms with E-state index in [1.54, 1.807) is 6.20 Å². The van der Waals surface area contributed by atoms with Gasteiger partial charge in [-0.25, -0.2) is 9.37 Å². The van der Waals surface area contributed by atoms with Crippen molar-refractivity contribution in [2.24, 2.45) is 0 Å². The summed E-state index contributed by atoms with van der Waals surface area (Å²) in [6.45, 7) is 3.67. The van der Waals surface area contributed by atoms with Crippen LogP contribution in [0.1, 0.15) is 17.3 Å². The number of halogens is 1. The van der Waals surface area contributed by atoms with E-state index in [0.717, 1.165) is 54.1 Å². The highest BCUT2D eigenvalue weighted by Crippen LogP contribution is 2.29. The lowest BCUT2D eigenvalue weighted by Gasteiger charge is -2.39. The smallest absolute Gasteiger partial charge is 0.123 e. The number of fused-ring (bicyclic) bond motifs is 1. The Morgan fingerprint density at radius 2 is 1.90 bits per heavy atom. The third-order valence-corrected chi connectivity index (χ3v) is 5.92. The summed E-state index contributed by atoms with van der Waals surface area (Å²) in [5.41, 5.74) is 5.57. The van der Waals surface area contributed by atoms with Crippen LogP contribution in [0.2, 0.25) is 0 Å². The van der Waals surface area contributed by atoms with Gasteiger partial charge in [-0.3, -0.25) is 14.8 Å². The summed E-state index contributed by atoms with van der Waals surface area (Å²) >= 11 is 0. The first-order chi connectivity index (χ1) is 14.7. The molecule has 6 heteroatoms. The van der Waals surface area contributed by atoms with Crippen molar-refractivity contribution in [1.82, 2.24) is 24.2 Å². The van der Waals surface area contributed by atoms with Gasteiger partial charge in [-0.1, -0.05) is 24.3 Å². The summed E-state index contributed by atoms with van der Waals surface area (Å²) in [6, 6.07) is 15.3. The van der Waals surface area contributed by atoms with Gasteiger partial charge in [0.15, 0.2) is 0 Å². The zero-order valence-electron chi connectivity index (χ0n) is 16.9. The normalized spacial score (nSPS) is 18.1. The Kier molecular flexibility index (Phi) is 5.02. The molecule has 1 aliphatic heterocycles. The first-order valence-corrected chi connectivity index (χ1v) is 10.2. The van der Waals surface area contributed by atoms with E-state index >= 15 is 0 Å². The van der Waals surface area contributed by atoms with Gasteiger partial charge in [0.25, 0.3) is 0 Å². The van der Waals surface area contributed by atoms with Gasteiger partial charge in [0.1, 0.15) is 5.82 Å². The van der Waals surface area contributed by atoms with E-state index < -0.39 is 0 Å². The summed E-state index contributed by atoms with van der Waals surface area (Å²) in [5.74, 6) is -0.190. The number of nitrogens with zero attached hydrogens (tertiary/aromatic N) is 5. The van der Waals surface area contributed by atoms with Crippen molar-refractivity contribution in [3.8, 4) is 11.1 Å². The van der Waals surface area contributed by atoms with Gasteiger partial charge in [-0.15, -0.1) is 0 Å². The number of rotatable bonds is 4. The fraction of sp³-hybridized carbons (Fsp3) is 0.250. The second kappa shape index (κ2) is 7.97. The molecular formula is C24H24FN5. The molecule has 30 heavy (non-hydrogen) atoms. The van der Waals surface area contributed by atoms with Gasteiger partial charge < -0.3 is 4.40 Å². The quantitative estimate of drug-likeness (QED) is 0.518. The van der Waals surface area contributed by atoms with E-state index in [4.69, 9.17) is 4.98 Å². The molecule has 5 rings (SSSR count). The van der Waals surface area contributed by atoms with Gasteiger partial charge >= 0.3 is 0 Å². The van der Waals surface area contributed by atoms with Crippen LogP contribution >= 0.6 is 0 Å². The molecule has 1 atom stereocenters. The van der Waals surface area contributed by atoms with Crippen molar-refractivity contribution < 1.29 is 4.39 Å². The van der Waals surface area contributed by atoms with Gasteiger partial charge in [0.2, 0.25) is 0 Å². The minimum Gasteiger partial charge on any atom is -0.305 e. The minimum atomic E-state index is -0.190. The number of benzene rings is 1. The topological polar surface area (TPSA) is 36.7 Å². The summed E-state index contributed by atoms with van der Waals surface area (Å²) in [6.07, 6.45) is 7.68. The van der Waals surface area contributed by atoms with Crippen LogP contribution < -0.4 is 0 Å². The molecule has 1 fully saturated rings. The van der Waals surface area contributed by atoms with E-state index in [0.29, 0.717) is 0 Å². The van der Waals surface area contributed by atoms with Gasteiger partial charge in [-0.05, 0) is 42.4 Å². The molecule has 0 spiro atoms. The maximum Gasteiger partial charge on any atom is 0.123 e. The Hall–Kier alpha value is -3.09. The van der Waals surface area contributed by atoms with Crippen molar-refractivity contribution in [2.75, 3.05) is 26.7 Å². The van der Waals surface area contributed by atoms with Crippen LogP contribution in [0.25, 0.3) is 16.6 Å². The number of imidazole rings is 1. The van der Waals surface area contributed by atoms with Crippen molar-refractivity contribution >= 4 is 5.52 Å². The molecule has 152 valence electrons. The number of pyridine rings is 2. The van der Waals surface area contributed by atoms with E-state index in [1.807, 2.05) is 30.7 Å². The molecule has 0 N–H and O–H groups in total. The van der Waals surface area contributed by atoms with E-state index in [2.05, 4.69) is 50.6 Å². The van der Waals surface area contributed by atoms with Crippen LogP contribution in [-0.4, -0.2) is 50.9 Å². The zero-order chi connectivity index (χ0) is 20.5. The lowest BCUT2D eigenvalue weighted by Crippen LogP contribution is -2.46. The standard InChI is InChI=1S/C24H24FN5/c1-28-11-12-29(14-18-4-7-21(25)8-5-18)16-23(28)24-22-9-6-20(15-30(22)17-27-24)19-3-2-10-26-13-19/h2-10,13,15,17,23H,11-12,14,16H2,1H3. The van der Waals surface area contributed by atoms with Crippen molar-refractivity contribution in [2.45, 2.75) is 12.6 Å². The summed E-state index contributed by atoms with van der Waals surface area (Å²) in [7, 11) is 2.16. The van der Waals surface area contributed by atoms with E-state index in [9.17, 15) is 4.39 Å². The fourth-order valence-electron chi connectivity index (χ4n) is 4.20. The first kappa shape index (κ1) is 18.9. The fourth-order valence-corrected chi connectivity index (χ4v) is 4.20. The molecule has 1 unspecified atom stereocenters. The van der Waals surface area contributed by atoms with Crippen molar-refractivity contribution in [1.29, 1.82) is 0 Å². The predicted molar refractivity (Wildman–Crippen MR) is 115 cm³/mol. The van der Waals surface area contributed by atoms with Crippen LogP contribution in [0, 0.1) is 5.82 Å². The highest BCUT2D eigenvalue weighted by molar-refractivity contribution is 5.66. The van der Waals surface area contributed by atoms with E-state index in [1.165, 1.54) is 12.1 Å². The molecule has 5 nitrogen and oxygen atoms in total. The molecule has 4 heterocycles. The number of piperazine rings is 1. The third-order valence-electron chi connectivity index (χ3n) is 5.92. The summed E-state index contributed by atoms with van der Waals surface area (Å²) in [5, 5.41) is 0. The number of hydrogen-bond acceptors (Lipinski definition) is 4. The molecule has 0 aliphatic carbocycles. The molecule has 1 saturated heterocycles. The lowest BCUT2D eigenvalue weighted by molar-refractivity contribution is 0.0892. The van der Waals surface area contributed by atoms with Crippen LogP contribution in [0.3, 0.4) is 0 Å². The maximum absolute atomic E-state index is 13.2. The Balaban J connectivity index is 1.39. The maximum atomic E-state index is 13.2. The zero-order valence-corrected chi connectivity index (χ0v) is 16.9. The minimum absolute atomic E-state index is 0.190. The second-order valence-electron chi connectivity index (χ2n) is 7.94. The number of aromatic nitrogens is 3.